The number of nitrogens with one attached hydrogen (secondary N) is 1. The lowest BCUT2D eigenvalue weighted by atomic mass is 9.84. The van der Waals surface area contributed by atoms with E-state index in [2.05, 4.69) is 19.2 Å². The third kappa shape index (κ3) is 4.20. The number of amides is 2. The van der Waals surface area contributed by atoms with Gasteiger partial charge in [0.1, 0.15) is 0 Å². The van der Waals surface area contributed by atoms with Gasteiger partial charge in [-0.25, -0.2) is 4.79 Å². The quantitative estimate of drug-likeness (QED) is 0.806. The molecule has 6 heteroatoms. The Hall–Kier alpha value is -2.40. The van der Waals surface area contributed by atoms with Crippen LogP contribution in [0.15, 0.2) is 36.4 Å². The molecule has 0 aromatic heterocycles. The van der Waals surface area contributed by atoms with Crippen LogP contribution in [-0.2, 0) is 18.4 Å². The van der Waals surface area contributed by atoms with Gasteiger partial charge < -0.3 is 19.7 Å². The first-order valence-electron chi connectivity index (χ1n) is 9.37. The fourth-order valence-electron chi connectivity index (χ4n) is 3.57. The van der Waals surface area contributed by atoms with Crippen LogP contribution in [0.5, 0.6) is 11.5 Å². The van der Waals surface area contributed by atoms with Gasteiger partial charge in [-0.1, -0.05) is 43.6 Å². The van der Waals surface area contributed by atoms with Crippen LogP contribution in [-0.4, -0.2) is 38.2 Å². The van der Waals surface area contributed by atoms with Crippen LogP contribution in [0.3, 0.4) is 0 Å². The molecule has 1 heterocycles. The number of halogens is 1. The zero-order chi connectivity index (χ0) is 20.3. The second-order valence-electron chi connectivity index (χ2n) is 7.67. The number of carbonyl (C=O) groups is 1. The van der Waals surface area contributed by atoms with Crippen LogP contribution in [0.25, 0.3) is 0 Å². The molecule has 2 amide bonds. The van der Waals surface area contributed by atoms with Crippen molar-refractivity contribution < 1.29 is 14.3 Å². The number of benzene rings is 2. The van der Waals surface area contributed by atoms with E-state index >= 15 is 0 Å². The summed E-state index contributed by atoms with van der Waals surface area (Å²) in [5.41, 5.74) is 3.04. The lowest BCUT2D eigenvalue weighted by molar-refractivity contribution is 0.190. The van der Waals surface area contributed by atoms with Crippen LogP contribution in [0, 0.1) is 0 Å². The SMILES string of the molecule is COc1cc2c(cc1OC)CN(C(=O)NCC(C)(C)c1ccccc1Cl)CC2. The molecule has 2 aromatic rings. The van der Waals surface area contributed by atoms with E-state index in [0.717, 1.165) is 28.3 Å². The summed E-state index contributed by atoms with van der Waals surface area (Å²) in [6.07, 6.45) is 0.789. The van der Waals surface area contributed by atoms with Gasteiger partial charge in [0.05, 0.1) is 14.2 Å². The summed E-state index contributed by atoms with van der Waals surface area (Å²) in [6, 6.07) is 11.7. The fourth-order valence-corrected chi connectivity index (χ4v) is 3.96. The average Bonchev–Trinajstić information content (AvgIpc) is 2.70. The van der Waals surface area contributed by atoms with Gasteiger partial charge in [0.2, 0.25) is 0 Å². The maximum absolute atomic E-state index is 12.8. The van der Waals surface area contributed by atoms with Crippen molar-refractivity contribution >= 4 is 17.6 Å². The number of nitrogens with zero attached hydrogens (tertiary/aromatic N) is 1. The molecular formula is C22H27ClN2O3. The molecule has 1 N–H and O–H groups in total. The van der Waals surface area contributed by atoms with Gasteiger partial charge >= 0.3 is 6.03 Å². The summed E-state index contributed by atoms with van der Waals surface area (Å²) in [5, 5.41) is 3.79. The third-order valence-corrected chi connectivity index (χ3v) is 5.62. The Kier molecular flexibility index (Phi) is 6.04. The van der Waals surface area contributed by atoms with Crippen molar-refractivity contribution in [3.05, 3.63) is 58.1 Å². The monoisotopic (exact) mass is 402 g/mol. The lowest BCUT2D eigenvalue weighted by Crippen LogP contribution is -2.46. The standard InChI is InChI=1S/C22H27ClN2O3/c1-22(2,17-7-5-6-8-18(17)23)14-24-21(26)25-10-9-15-11-19(27-3)20(28-4)12-16(15)13-25/h5-8,11-12H,9-10,13-14H2,1-4H3,(H,24,26). The molecule has 5 nitrogen and oxygen atoms in total. The number of rotatable bonds is 5. The molecule has 0 unspecified atom stereocenters. The summed E-state index contributed by atoms with van der Waals surface area (Å²) in [6.45, 7) is 5.88. The molecule has 0 aliphatic carbocycles. The van der Waals surface area contributed by atoms with Crippen LogP contribution in [0.4, 0.5) is 4.79 Å². The fraction of sp³-hybridized carbons (Fsp3) is 0.409. The third-order valence-electron chi connectivity index (χ3n) is 5.29. The van der Waals surface area contributed by atoms with Gasteiger partial charge in [-0.2, -0.15) is 0 Å². The van der Waals surface area contributed by atoms with E-state index in [4.69, 9.17) is 21.1 Å². The number of hydrogen-bond acceptors (Lipinski definition) is 3. The smallest absolute Gasteiger partial charge is 0.317 e. The molecule has 0 radical (unpaired) electrons. The second-order valence-corrected chi connectivity index (χ2v) is 8.08. The molecule has 0 bridgehead atoms. The first-order chi connectivity index (χ1) is 13.4. The highest BCUT2D eigenvalue weighted by Gasteiger charge is 2.27. The summed E-state index contributed by atoms with van der Waals surface area (Å²) in [4.78, 5) is 14.6. The molecule has 0 spiro atoms. The minimum Gasteiger partial charge on any atom is -0.493 e. The predicted octanol–water partition coefficient (Wildman–Crippen LogP) is 4.40. The van der Waals surface area contributed by atoms with E-state index in [1.807, 2.05) is 41.3 Å². The van der Waals surface area contributed by atoms with Crippen molar-refractivity contribution in [3.63, 3.8) is 0 Å². The number of hydrogen-bond donors (Lipinski definition) is 1. The molecule has 0 atom stereocenters. The first-order valence-corrected chi connectivity index (χ1v) is 9.75. The Morgan fingerprint density at radius 1 is 1.14 bits per heavy atom. The van der Waals surface area contributed by atoms with Crippen molar-refractivity contribution in [1.29, 1.82) is 0 Å². The Bertz CT molecular complexity index is 867. The van der Waals surface area contributed by atoms with E-state index < -0.39 is 0 Å². The summed E-state index contributed by atoms with van der Waals surface area (Å²) < 4.78 is 10.8. The number of methoxy groups -OCH3 is 2. The Morgan fingerprint density at radius 3 is 2.43 bits per heavy atom. The summed E-state index contributed by atoms with van der Waals surface area (Å²) in [5.74, 6) is 1.41. The van der Waals surface area contributed by atoms with Crippen molar-refractivity contribution in [2.45, 2.75) is 32.2 Å². The van der Waals surface area contributed by atoms with E-state index in [1.165, 1.54) is 5.56 Å². The van der Waals surface area contributed by atoms with Crippen molar-refractivity contribution in [2.75, 3.05) is 27.3 Å². The van der Waals surface area contributed by atoms with Gasteiger partial charge in [-0.15, -0.1) is 0 Å². The van der Waals surface area contributed by atoms with Crippen molar-refractivity contribution in [2.24, 2.45) is 0 Å². The van der Waals surface area contributed by atoms with Crippen LogP contribution in [0.1, 0.15) is 30.5 Å². The van der Waals surface area contributed by atoms with Gasteiger partial charge in [0.25, 0.3) is 0 Å². The maximum atomic E-state index is 12.8. The molecule has 1 aliphatic heterocycles. The topological polar surface area (TPSA) is 50.8 Å². The molecule has 0 saturated carbocycles. The molecule has 1 aliphatic rings. The number of carbonyl (C=O) groups excluding carboxylic acids is 1. The highest BCUT2D eigenvalue weighted by molar-refractivity contribution is 6.31. The largest absolute Gasteiger partial charge is 0.493 e. The van der Waals surface area contributed by atoms with Crippen LogP contribution >= 0.6 is 11.6 Å². The molecule has 150 valence electrons. The lowest BCUT2D eigenvalue weighted by Gasteiger charge is -2.32. The van der Waals surface area contributed by atoms with Gasteiger partial charge in [-0.3, -0.25) is 0 Å². The number of ether oxygens (including phenoxy) is 2. The van der Waals surface area contributed by atoms with E-state index in [9.17, 15) is 4.79 Å². The van der Waals surface area contributed by atoms with Crippen LogP contribution < -0.4 is 14.8 Å². The Labute approximate surface area is 171 Å². The molecule has 2 aromatic carbocycles. The highest BCUT2D eigenvalue weighted by atomic mass is 35.5. The molecule has 3 rings (SSSR count). The van der Waals surface area contributed by atoms with E-state index in [-0.39, 0.29) is 11.4 Å². The highest BCUT2D eigenvalue weighted by Crippen LogP contribution is 2.33. The van der Waals surface area contributed by atoms with Gasteiger partial charge in [0, 0.05) is 30.1 Å². The van der Waals surface area contributed by atoms with Gasteiger partial charge in [0.15, 0.2) is 11.5 Å². The minimum atomic E-state index is -0.266. The van der Waals surface area contributed by atoms with E-state index in [1.54, 1.807) is 14.2 Å². The number of fused-ring (bicyclic) bond motifs is 1. The van der Waals surface area contributed by atoms with Gasteiger partial charge in [-0.05, 0) is 41.3 Å². The second kappa shape index (κ2) is 8.31. The summed E-state index contributed by atoms with van der Waals surface area (Å²) in [7, 11) is 3.25. The molecule has 0 saturated heterocycles. The van der Waals surface area contributed by atoms with Crippen molar-refractivity contribution in [3.8, 4) is 11.5 Å². The zero-order valence-corrected chi connectivity index (χ0v) is 17.6. The van der Waals surface area contributed by atoms with E-state index in [0.29, 0.717) is 25.4 Å². The average molecular weight is 403 g/mol. The summed E-state index contributed by atoms with van der Waals surface area (Å²) >= 11 is 6.34. The maximum Gasteiger partial charge on any atom is 0.317 e. The first kappa shape index (κ1) is 20.3. The predicted molar refractivity (Wildman–Crippen MR) is 112 cm³/mol. The van der Waals surface area contributed by atoms with Crippen molar-refractivity contribution in [1.82, 2.24) is 10.2 Å². The minimum absolute atomic E-state index is 0.0689. The van der Waals surface area contributed by atoms with Crippen LogP contribution in [0.2, 0.25) is 5.02 Å². The molecule has 28 heavy (non-hydrogen) atoms. The molecular weight excluding hydrogens is 376 g/mol. The number of urea groups is 1. The Morgan fingerprint density at radius 2 is 1.79 bits per heavy atom. The molecule has 0 fully saturated rings. The Balaban J connectivity index is 1.67. The zero-order valence-electron chi connectivity index (χ0n) is 16.8. The normalized spacial score (nSPS) is 13.7.